The van der Waals surface area contributed by atoms with E-state index in [-0.39, 0.29) is 5.92 Å². The van der Waals surface area contributed by atoms with Crippen LogP contribution in [0, 0.1) is 11.8 Å². The minimum atomic E-state index is -0.0719. The highest BCUT2D eigenvalue weighted by molar-refractivity contribution is 6.17. The van der Waals surface area contributed by atoms with Crippen molar-refractivity contribution in [2.45, 2.75) is 20.3 Å². The van der Waals surface area contributed by atoms with Crippen LogP contribution in [0.25, 0.3) is 0 Å². The van der Waals surface area contributed by atoms with Crippen LogP contribution in [0.2, 0.25) is 0 Å². The van der Waals surface area contributed by atoms with E-state index < -0.39 is 0 Å². The molecule has 2 aliphatic carbocycles. The highest BCUT2D eigenvalue weighted by Gasteiger charge is 2.34. The predicted molar refractivity (Wildman–Crippen MR) is 57.6 cm³/mol. The Labute approximate surface area is 88.3 Å². The summed E-state index contributed by atoms with van der Waals surface area (Å²) in [6.45, 7) is 4.06. The summed E-state index contributed by atoms with van der Waals surface area (Å²) in [5, 5.41) is 24.3. The van der Waals surface area contributed by atoms with Crippen LogP contribution < -0.4 is 0 Å². The van der Waals surface area contributed by atoms with Crippen molar-refractivity contribution >= 4 is 11.4 Å². The number of rotatable bonds is 0. The van der Waals surface area contributed by atoms with E-state index in [0.717, 1.165) is 6.42 Å². The summed E-state index contributed by atoms with van der Waals surface area (Å²) in [6.07, 6.45) is 4.59. The lowest BCUT2D eigenvalue weighted by molar-refractivity contribution is 0.309. The highest BCUT2D eigenvalue weighted by Crippen LogP contribution is 2.37. The number of nitrogens with zero attached hydrogens (tertiary/aromatic N) is 2. The highest BCUT2D eigenvalue weighted by atomic mass is 16.4. The molecule has 2 aliphatic rings. The summed E-state index contributed by atoms with van der Waals surface area (Å²) in [5.41, 5.74) is 3.56. The van der Waals surface area contributed by atoms with Crippen LogP contribution in [0.4, 0.5) is 0 Å². The Bertz CT molecular complexity index is 369. The van der Waals surface area contributed by atoms with Gasteiger partial charge in [-0.2, -0.15) is 0 Å². The van der Waals surface area contributed by atoms with Gasteiger partial charge in [0.15, 0.2) is 0 Å². The molecule has 2 N–H and O–H groups in total. The number of oxime groups is 2. The molecule has 0 fully saturated rings. The van der Waals surface area contributed by atoms with Crippen molar-refractivity contribution in [1.29, 1.82) is 0 Å². The molecule has 0 unspecified atom stereocenters. The van der Waals surface area contributed by atoms with Gasteiger partial charge in [0.1, 0.15) is 0 Å². The molecule has 4 heteroatoms. The molecule has 0 saturated carbocycles. The van der Waals surface area contributed by atoms with Crippen molar-refractivity contribution in [3.8, 4) is 0 Å². The van der Waals surface area contributed by atoms with E-state index in [2.05, 4.69) is 10.3 Å². The average molecular weight is 206 g/mol. The Hall–Kier alpha value is -1.58. The third kappa shape index (κ3) is 1.46. The second-order valence-corrected chi connectivity index (χ2v) is 4.17. The zero-order valence-electron chi connectivity index (χ0n) is 8.81. The third-order valence-electron chi connectivity index (χ3n) is 3.27. The van der Waals surface area contributed by atoms with Crippen LogP contribution in [0.1, 0.15) is 20.3 Å². The molecule has 15 heavy (non-hydrogen) atoms. The lowest BCUT2D eigenvalue weighted by atomic mass is 9.71. The fourth-order valence-electron chi connectivity index (χ4n) is 2.43. The second kappa shape index (κ2) is 3.53. The average Bonchev–Trinajstić information content (AvgIpc) is 2.25. The molecule has 2 rings (SSSR count). The van der Waals surface area contributed by atoms with Gasteiger partial charge in [-0.25, -0.2) is 0 Å². The predicted octanol–water partition coefficient (Wildman–Crippen LogP) is 2.19. The zero-order valence-corrected chi connectivity index (χ0v) is 8.81. The summed E-state index contributed by atoms with van der Waals surface area (Å²) in [5.74, 6) is 0.323. The van der Waals surface area contributed by atoms with Crippen molar-refractivity contribution in [1.82, 2.24) is 0 Å². The first kappa shape index (κ1) is 9.96. The van der Waals surface area contributed by atoms with Crippen molar-refractivity contribution in [3.63, 3.8) is 0 Å². The number of hydrogen-bond acceptors (Lipinski definition) is 4. The van der Waals surface area contributed by atoms with Crippen LogP contribution in [0.3, 0.4) is 0 Å². The third-order valence-corrected chi connectivity index (χ3v) is 3.27. The summed E-state index contributed by atoms with van der Waals surface area (Å²) in [6, 6.07) is 0. The molecule has 0 aromatic carbocycles. The van der Waals surface area contributed by atoms with Gasteiger partial charge in [-0.1, -0.05) is 21.5 Å². The molecule has 80 valence electrons. The number of allylic oxidation sites excluding steroid dienone is 4. The summed E-state index contributed by atoms with van der Waals surface area (Å²) in [4.78, 5) is 0. The molecule has 0 saturated heterocycles. The fraction of sp³-hybridized carbons (Fsp3) is 0.455. The largest absolute Gasteiger partial charge is 0.411 e. The van der Waals surface area contributed by atoms with Crippen LogP contribution in [0.15, 0.2) is 33.6 Å². The second-order valence-electron chi connectivity index (χ2n) is 4.17. The van der Waals surface area contributed by atoms with E-state index in [1.807, 2.05) is 26.0 Å². The van der Waals surface area contributed by atoms with Crippen molar-refractivity contribution < 1.29 is 10.4 Å². The lowest BCUT2D eigenvalue weighted by Gasteiger charge is -2.33. The Morgan fingerprint density at radius 2 is 1.47 bits per heavy atom. The molecule has 0 aromatic rings. The van der Waals surface area contributed by atoms with Crippen molar-refractivity contribution in [3.05, 3.63) is 23.3 Å². The molecule has 4 nitrogen and oxygen atoms in total. The van der Waals surface area contributed by atoms with Crippen molar-refractivity contribution in [2.24, 2.45) is 22.1 Å². The normalized spacial score (nSPS) is 35.3. The monoisotopic (exact) mass is 206 g/mol. The van der Waals surface area contributed by atoms with Crippen LogP contribution >= 0.6 is 0 Å². The van der Waals surface area contributed by atoms with Gasteiger partial charge < -0.3 is 10.4 Å². The van der Waals surface area contributed by atoms with E-state index in [9.17, 15) is 0 Å². The molecular weight excluding hydrogens is 192 g/mol. The number of hydrogen-bond donors (Lipinski definition) is 2. The van der Waals surface area contributed by atoms with Gasteiger partial charge in [-0.05, 0) is 32.4 Å². The van der Waals surface area contributed by atoms with Gasteiger partial charge in [0, 0.05) is 5.92 Å². The van der Waals surface area contributed by atoms with Gasteiger partial charge >= 0.3 is 0 Å². The standard InChI is InChI=1S/C11H14N2O2/c1-6-3-10(12-14)9-5-8(6)7(2)4-11(9)13-15/h3-4,8-9,14-15H,5H2,1-2H3/b12-10+,13-11+. The van der Waals surface area contributed by atoms with E-state index in [4.69, 9.17) is 10.4 Å². The minimum absolute atomic E-state index is 0.0719. The quantitative estimate of drug-likeness (QED) is 0.471. The summed E-state index contributed by atoms with van der Waals surface area (Å²) < 4.78 is 0. The molecule has 0 atom stereocenters. The SMILES string of the molecule is CC1=C/C(=N\O)C2CC1C(C)=C/C2=N\O. The minimum Gasteiger partial charge on any atom is -0.411 e. The van der Waals surface area contributed by atoms with Gasteiger partial charge in [-0.3, -0.25) is 0 Å². The molecule has 0 heterocycles. The maximum absolute atomic E-state index is 8.89. The maximum Gasteiger partial charge on any atom is 0.0887 e. The van der Waals surface area contributed by atoms with Crippen LogP contribution in [-0.2, 0) is 0 Å². The molecule has 2 bridgehead atoms. The molecule has 0 aliphatic heterocycles. The zero-order chi connectivity index (χ0) is 11.0. The Kier molecular flexibility index (Phi) is 2.34. The van der Waals surface area contributed by atoms with E-state index in [1.165, 1.54) is 11.1 Å². The lowest BCUT2D eigenvalue weighted by Crippen LogP contribution is -2.33. The van der Waals surface area contributed by atoms with Crippen LogP contribution in [0.5, 0.6) is 0 Å². The topological polar surface area (TPSA) is 65.2 Å². The first-order chi connectivity index (χ1) is 7.17. The van der Waals surface area contributed by atoms with Gasteiger partial charge in [0.2, 0.25) is 0 Å². The summed E-state index contributed by atoms with van der Waals surface area (Å²) >= 11 is 0. The molecule has 0 amide bonds. The van der Waals surface area contributed by atoms with Gasteiger partial charge in [0.05, 0.1) is 17.3 Å². The maximum atomic E-state index is 8.89. The first-order valence-electron chi connectivity index (χ1n) is 4.97. The van der Waals surface area contributed by atoms with Gasteiger partial charge in [0.25, 0.3) is 0 Å². The Morgan fingerprint density at radius 3 is 1.87 bits per heavy atom. The molecular formula is C11H14N2O2. The Balaban J connectivity index is 2.51. The first-order valence-corrected chi connectivity index (χ1v) is 4.97. The Morgan fingerprint density at radius 1 is 1.00 bits per heavy atom. The van der Waals surface area contributed by atoms with Gasteiger partial charge in [-0.15, -0.1) is 0 Å². The van der Waals surface area contributed by atoms with E-state index in [1.54, 1.807) is 0 Å². The molecule has 0 spiro atoms. The molecule has 0 radical (unpaired) electrons. The summed E-state index contributed by atoms with van der Waals surface area (Å²) in [7, 11) is 0. The fourth-order valence-corrected chi connectivity index (χ4v) is 2.43. The van der Waals surface area contributed by atoms with Crippen molar-refractivity contribution in [2.75, 3.05) is 0 Å². The van der Waals surface area contributed by atoms with E-state index in [0.29, 0.717) is 17.3 Å². The molecule has 0 aromatic heterocycles. The smallest absolute Gasteiger partial charge is 0.0887 e. The van der Waals surface area contributed by atoms with Crippen LogP contribution in [-0.4, -0.2) is 21.8 Å². The van der Waals surface area contributed by atoms with E-state index >= 15 is 0 Å². The number of fused-ring (bicyclic) bond motifs is 2.